The van der Waals surface area contributed by atoms with Gasteiger partial charge in [-0.15, -0.1) is 0 Å². The summed E-state index contributed by atoms with van der Waals surface area (Å²) in [7, 11) is 0. The Hall–Kier alpha value is -0.890. The molecule has 2 heterocycles. The lowest BCUT2D eigenvalue weighted by Gasteiger charge is -2.24. The summed E-state index contributed by atoms with van der Waals surface area (Å²) in [5.41, 5.74) is 1.30. The Balaban J connectivity index is 1.80. The molecule has 0 bridgehead atoms. The van der Waals surface area contributed by atoms with Crippen LogP contribution >= 0.6 is 22.6 Å². The van der Waals surface area contributed by atoms with Crippen LogP contribution in [0.4, 0.5) is 11.4 Å². The first kappa shape index (κ1) is 13.1. The van der Waals surface area contributed by atoms with Gasteiger partial charge in [0.2, 0.25) is 0 Å². The molecule has 2 atom stereocenters. The number of piperidine rings is 1. The molecule has 0 aromatic heterocycles. The summed E-state index contributed by atoms with van der Waals surface area (Å²) in [6.45, 7) is 3.19. The smallest absolute Gasteiger partial charge is 0.282 e. The number of hydrogen-bond donors (Lipinski definition) is 1. The summed E-state index contributed by atoms with van der Waals surface area (Å²) in [6.07, 6.45) is 2.55. The average molecular weight is 373 g/mol. The van der Waals surface area contributed by atoms with Crippen LogP contribution in [0, 0.1) is 19.6 Å². The van der Waals surface area contributed by atoms with Gasteiger partial charge in [-0.3, -0.25) is 10.1 Å². The van der Waals surface area contributed by atoms with Crippen LogP contribution < -0.4 is 10.2 Å². The van der Waals surface area contributed by atoms with Crippen LogP contribution in [0.2, 0.25) is 0 Å². The summed E-state index contributed by atoms with van der Waals surface area (Å²) < 4.78 is 0.711. The van der Waals surface area contributed by atoms with Gasteiger partial charge in [0.05, 0.1) is 8.49 Å². The van der Waals surface area contributed by atoms with E-state index in [0.29, 0.717) is 9.61 Å². The number of nitrogens with one attached hydrogen (secondary N) is 1. The van der Waals surface area contributed by atoms with Crippen molar-refractivity contribution in [3.8, 4) is 0 Å². The first-order chi connectivity index (χ1) is 9.15. The van der Waals surface area contributed by atoms with Crippen molar-refractivity contribution in [3.05, 3.63) is 31.9 Å². The van der Waals surface area contributed by atoms with Gasteiger partial charge in [-0.2, -0.15) is 0 Å². The van der Waals surface area contributed by atoms with E-state index in [1.807, 2.05) is 34.7 Å². The Labute approximate surface area is 125 Å². The van der Waals surface area contributed by atoms with E-state index in [1.165, 1.54) is 12.8 Å². The largest absolute Gasteiger partial charge is 0.370 e. The lowest BCUT2D eigenvalue weighted by atomic mass is 9.94. The van der Waals surface area contributed by atoms with Crippen molar-refractivity contribution in [2.75, 3.05) is 24.5 Å². The maximum Gasteiger partial charge on any atom is 0.282 e. The maximum absolute atomic E-state index is 10.8. The van der Waals surface area contributed by atoms with Crippen LogP contribution in [0.25, 0.3) is 0 Å². The number of fused-ring (bicyclic) bond motifs is 1. The fourth-order valence-corrected chi connectivity index (χ4v) is 3.79. The first-order valence-electron chi connectivity index (χ1n) is 6.57. The number of benzene rings is 1. The number of nitro groups is 1. The molecular formula is C13H16IN3O2. The van der Waals surface area contributed by atoms with Crippen molar-refractivity contribution in [3.63, 3.8) is 0 Å². The number of nitro benzene ring substituents is 1. The molecule has 1 aromatic rings. The van der Waals surface area contributed by atoms with Crippen LogP contribution in [0.1, 0.15) is 12.8 Å². The zero-order valence-electron chi connectivity index (χ0n) is 10.5. The standard InChI is InChI=1S/C13H16IN3O2/c14-11-6-10(3-4-13(11)17(18)19)16-7-9-2-1-5-15-12(9)8-16/h3-4,6,9,12,15H,1-2,5,7-8H2. The maximum atomic E-state index is 10.8. The predicted molar refractivity (Wildman–Crippen MR) is 82.5 cm³/mol. The van der Waals surface area contributed by atoms with Crippen molar-refractivity contribution in [2.45, 2.75) is 18.9 Å². The fraction of sp³-hybridized carbons (Fsp3) is 0.538. The molecule has 2 aliphatic rings. The third-order valence-electron chi connectivity index (χ3n) is 4.09. The first-order valence-corrected chi connectivity index (χ1v) is 7.65. The zero-order chi connectivity index (χ0) is 13.4. The number of anilines is 1. The van der Waals surface area contributed by atoms with Gasteiger partial charge in [0.25, 0.3) is 5.69 Å². The number of rotatable bonds is 2. The molecule has 0 amide bonds. The molecule has 1 aromatic carbocycles. The SMILES string of the molecule is O=[N+]([O-])c1ccc(N2CC3CCCNC3C2)cc1I. The van der Waals surface area contributed by atoms with E-state index in [2.05, 4.69) is 10.2 Å². The zero-order valence-corrected chi connectivity index (χ0v) is 12.7. The second kappa shape index (κ2) is 5.24. The van der Waals surface area contributed by atoms with Crippen LogP contribution in [0.3, 0.4) is 0 Å². The van der Waals surface area contributed by atoms with E-state index in [-0.39, 0.29) is 10.6 Å². The lowest BCUT2D eigenvalue weighted by molar-refractivity contribution is -0.385. The van der Waals surface area contributed by atoms with Crippen molar-refractivity contribution < 1.29 is 4.92 Å². The highest BCUT2D eigenvalue weighted by atomic mass is 127. The Kier molecular flexibility index (Phi) is 3.62. The van der Waals surface area contributed by atoms with Crippen molar-refractivity contribution in [1.82, 2.24) is 5.32 Å². The van der Waals surface area contributed by atoms with Gasteiger partial charge in [0, 0.05) is 30.9 Å². The summed E-state index contributed by atoms with van der Waals surface area (Å²) in [5, 5.41) is 14.4. The Morgan fingerprint density at radius 3 is 2.95 bits per heavy atom. The van der Waals surface area contributed by atoms with Gasteiger partial charge in [-0.25, -0.2) is 0 Å². The highest BCUT2D eigenvalue weighted by Crippen LogP contribution is 2.32. The van der Waals surface area contributed by atoms with Crippen molar-refractivity contribution in [2.24, 2.45) is 5.92 Å². The summed E-state index contributed by atoms with van der Waals surface area (Å²) in [4.78, 5) is 12.9. The van der Waals surface area contributed by atoms with Crippen LogP contribution in [-0.2, 0) is 0 Å². The van der Waals surface area contributed by atoms with Gasteiger partial charge in [0.15, 0.2) is 0 Å². The minimum absolute atomic E-state index is 0.194. The van der Waals surface area contributed by atoms with Crippen LogP contribution in [0.15, 0.2) is 18.2 Å². The highest BCUT2D eigenvalue weighted by molar-refractivity contribution is 14.1. The van der Waals surface area contributed by atoms with E-state index in [4.69, 9.17) is 0 Å². The van der Waals surface area contributed by atoms with E-state index >= 15 is 0 Å². The Morgan fingerprint density at radius 1 is 1.42 bits per heavy atom. The molecule has 2 unspecified atom stereocenters. The molecule has 0 aliphatic carbocycles. The molecule has 3 rings (SSSR count). The fourth-order valence-electron chi connectivity index (χ4n) is 3.10. The molecule has 6 heteroatoms. The summed E-state index contributed by atoms with van der Waals surface area (Å²) >= 11 is 2.05. The van der Waals surface area contributed by atoms with Gasteiger partial charge >= 0.3 is 0 Å². The highest BCUT2D eigenvalue weighted by Gasteiger charge is 2.34. The molecule has 0 saturated carbocycles. The molecule has 1 N–H and O–H groups in total. The molecular weight excluding hydrogens is 357 g/mol. The van der Waals surface area contributed by atoms with E-state index in [1.54, 1.807) is 6.07 Å². The van der Waals surface area contributed by atoms with Gasteiger partial charge in [-0.1, -0.05) is 0 Å². The van der Waals surface area contributed by atoms with Crippen molar-refractivity contribution >= 4 is 34.0 Å². The molecule has 5 nitrogen and oxygen atoms in total. The molecule has 2 aliphatic heterocycles. The van der Waals surface area contributed by atoms with Crippen LogP contribution in [0.5, 0.6) is 0 Å². The van der Waals surface area contributed by atoms with Gasteiger partial charge < -0.3 is 10.2 Å². The number of nitrogens with zero attached hydrogens (tertiary/aromatic N) is 2. The topological polar surface area (TPSA) is 58.4 Å². The van der Waals surface area contributed by atoms with E-state index < -0.39 is 0 Å². The van der Waals surface area contributed by atoms with E-state index in [0.717, 1.165) is 31.2 Å². The summed E-state index contributed by atoms with van der Waals surface area (Å²) in [6, 6.07) is 6.00. The minimum atomic E-state index is -0.323. The second-order valence-corrected chi connectivity index (χ2v) is 6.42. The third-order valence-corrected chi connectivity index (χ3v) is 4.96. The third kappa shape index (κ3) is 2.55. The molecule has 19 heavy (non-hydrogen) atoms. The molecule has 0 radical (unpaired) electrons. The van der Waals surface area contributed by atoms with Crippen LogP contribution in [-0.4, -0.2) is 30.6 Å². The number of hydrogen-bond acceptors (Lipinski definition) is 4. The monoisotopic (exact) mass is 373 g/mol. The molecule has 2 fully saturated rings. The summed E-state index contributed by atoms with van der Waals surface area (Å²) in [5.74, 6) is 0.724. The molecule has 2 saturated heterocycles. The van der Waals surface area contributed by atoms with Gasteiger partial charge in [0.1, 0.15) is 0 Å². The molecule has 102 valence electrons. The normalized spacial score (nSPS) is 26.3. The average Bonchev–Trinajstić information content (AvgIpc) is 2.81. The lowest BCUT2D eigenvalue weighted by Crippen LogP contribution is -2.40. The second-order valence-electron chi connectivity index (χ2n) is 5.26. The van der Waals surface area contributed by atoms with Crippen molar-refractivity contribution in [1.29, 1.82) is 0 Å². The quantitative estimate of drug-likeness (QED) is 0.492. The van der Waals surface area contributed by atoms with E-state index in [9.17, 15) is 10.1 Å². The Morgan fingerprint density at radius 2 is 2.26 bits per heavy atom. The predicted octanol–water partition coefficient (Wildman–Crippen LogP) is 2.39. The minimum Gasteiger partial charge on any atom is -0.370 e. The molecule has 0 spiro atoms. The Bertz CT molecular complexity index is 495. The van der Waals surface area contributed by atoms with Gasteiger partial charge in [-0.05, 0) is 60.0 Å². The number of halogens is 1.